The molecule has 2 saturated heterocycles. The van der Waals surface area contributed by atoms with Crippen molar-refractivity contribution < 1.29 is 13.7 Å². The molecule has 0 aliphatic carbocycles. The molecule has 2 aromatic heterocycles. The summed E-state index contributed by atoms with van der Waals surface area (Å²) in [6.07, 6.45) is 5.44. The van der Waals surface area contributed by atoms with E-state index in [9.17, 15) is 9.18 Å². The van der Waals surface area contributed by atoms with Gasteiger partial charge in [0.2, 0.25) is 11.7 Å². The number of likely N-dealkylation sites (tertiary alicyclic amines) is 1. The Balaban J connectivity index is 1.31. The third kappa shape index (κ3) is 4.18. The molecule has 4 rings (SSSR count). The number of nitrogens with zero attached hydrogens (tertiary/aromatic N) is 4. The van der Waals surface area contributed by atoms with Gasteiger partial charge in [-0.3, -0.25) is 4.79 Å². The topological polar surface area (TPSA) is 62.5 Å². The van der Waals surface area contributed by atoms with Gasteiger partial charge >= 0.3 is 0 Å². The number of hydrogen-bond donors (Lipinski definition) is 0. The number of carbonyl (C=O) groups excluding carboxylic acids is 1. The molecular weight excluding hydrogens is 359 g/mol. The molecule has 1 unspecified atom stereocenters. The fourth-order valence-electron chi connectivity index (χ4n) is 4.59. The van der Waals surface area contributed by atoms with Crippen LogP contribution in [0.4, 0.5) is 10.2 Å². The summed E-state index contributed by atoms with van der Waals surface area (Å²) >= 11 is 0. The van der Waals surface area contributed by atoms with E-state index in [0.29, 0.717) is 17.6 Å². The van der Waals surface area contributed by atoms with E-state index in [1.165, 1.54) is 12.5 Å². The normalized spacial score (nSPS) is 21.6. The lowest BCUT2D eigenvalue weighted by atomic mass is 9.80. The third-order valence-corrected chi connectivity index (χ3v) is 6.13. The second-order valence-corrected chi connectivity index (χ2v) is 7.96. The summed E-state index contributed by atoms with van der Waals surface area (Å²) in [4.78, 5) is 20.7. The van der Waals surface area contributed by atoms with Gasteiger partial charge in [-0.25, -0.2) is 4.98 Å². The zero-order valence-electron chi connectivity index (χ0n) is 16.3. The van der Waals surface area contributed by atoms with Crippen LogP contribution in [-0.4, -0.2) is 47.1 Å². The molecule has 1 amide bonds. The van der Waals surface area contributed by atoms with Crippen molar-refractivity contribution in [3.8, 4) is 0 Å². The Bertz CT molecular complexity index is 816. The van der Waals surface area contributed by atoms with E-state index in [0.717, 1.165) is 63.4 Å². The lowest BCUT2D eigenvalue weighted by Crippen LogP contribution is -2.40. The fourth-order valence-corrected chi connectivity index (χ4v) is 4.59. The van der Waals surface area contributed by atoms with E-state index in [-0.39, 0.29) is 5.91 Å². The molecule has 2 aromatic rings. The number of hydrogen-bond acceptors (Lipinski definition) is 5. The summed E-state index contributed by atoms with van der Waals surface area (Å²) in [6.45, 7) is 5.21. The van der Waals surface area contributed by atoms with Crippen LogP contribution in [0.15, 0.2) is 28.8 Å². The van der Waals surface area contributed by atoms with E-state index >= 15 is 0 Å². The Hall–Kier alpha value is -2.44. The highest BCUT2D eigenvalue weighted by atomic mass is 19.1. The predicted molar refractivity (Wildman–Crippen MR) is 104 cm³/mol. The quantitative estimate of drug-likeness (QED) is 0.753. The summed E-state index contributed by atoms with van der Waals surface area (Å²) in [5.74, 6) is 1.90. The first kappa shape index (κ1) is 18.9. The SMILES string of the molecule is Cc1cc(C(=O)N2CCC(C3CCCN(c4cccc(F)n4)CC3)CC2)on1. The van der Waals surface area contributed by atoms with Crippen LogP contribution in [0.2, 0.25) is 0 Å². The molecule has 150 valence electrons. The Kier molecular flexibility index (Phi) is 5.59. The van der Waals surface area contributed by atoms with Crippen LogP contribution in [0.3, 0.4) is 0 Å². The minimum atomic E-state index is -0.419. The maximum absolute atomic E-state index is 13.4. The molecule has 0 spiro atoms. The Morgan fingerprint density at radius 2 is 1.86 bits per heavy atom. The van der Waals surface area contributed by atoms with Crippen molar-refractivity contribution in [2.45, 2.75) is 39.0 Å². The number of anilines is 1. The lowest BCUT2D eigenvalue weighted by Gasteiger charge is -2.35. The number of piperidine rings is 1. The van der Waals surface area contributed by atoms with Crippen molar-refractivity contribution in [1.29, 1.82) is 0 Å². The highest BCUT2D eigenvalue weighted by Crippen LogP contribution is 2.33. The van der Waals surface area contributed by atoms with E-state index in [1.807, 2.05) is 17.9 Å². The van der Waals surface area contributed by atoms with E-state index < -0.39 is 5.95 Å². The van der Waals surface area contributed by atoms with Gasteiger partial charge < -0.3 is 14.3 Å². The minimum absolute atomic E-state index is 0.0525. The summed E-state index contributed by atoms with van der Waals surface area (Å²) in [5, 5.41) is 3.81. The van der Waals surface area contributed by atoms with Crippen LogP contribution in [0.25, 0.3) is 0 Å². The highest BCUT2D eigenvalue weighted by Gasteiger charge is 2.31. The molecule has 2 aliphatic heterocycles. The molecule has 0 bridgehead atoms. The van der Waals surface area contributed by atoms with Crippen LogP contribution in [0, 0.1) is 24.7 Å². The molecule has 2 fully saturated rings. The molecular formula is C21H27FN4O2. The number of aryl methyl sites for hydroxylation is 1. The Morgan fingerprint density at radius 3 is 2.57 bits per heavy atom. The van der Waals surface area contributed by atoms with Gasteiger partial charge in [0.25, 0.3) is 5.91 Å². The standard InChI is InChI=1S/C21H27FN4O2/c1-15-14-18(28-24-15)21(27)26-12-8-17(9-13-26)16-4-3-10-25(11-7-16)20-6-2-5-19(22)23-20/h2,5-6,14,16-17H,3-4,7-13H2,1H3. The second-order valence-electron chi connectivity index (χ2n) is 7.96. The first-order chi connectivity index (χ1) is 13.6. The second kappa shape index (κ2) is 8.29. The van der Waals surface area contributed by atoms with E-state index in [4.69, 9.17) is 4.52 Å². The van der Waals surface area contributed by atoms with Crippen molar-refractivity contribution in [3.05, 3.63) is 41.7 Å². The number of halogens is 1. The maximum Gasteiger partial charge on any atom is 0.292 e. The van der Waals surface area contributed by atoms with Gasteiger partial charge in [0.05, 0.1) is 5.69 Å². The smallest absolute Gasteiger partial charge is 0.292 e. The van der Waals surface area contributed by atoms with Gasteiger partial charge in [0.15, 0.2) is 0 Å². The molecule has 0 saturated carbocycles. The lowest BCUT2D eigenvalue weighted by molar-refractivity contribution is 0.0611. The molecule has 0 radical (unpaired) electrons. The van der Waals surface area contributed by atoms with E-state index in [2.05, 4.69) is 15.0 Å². The van der Waals surface area contributed by atoms with Crippen LogP contribution < -0.4 is 4.90 Å². The first-order valence-electron chi connectivity index (χ1n) is 10.2. The van der Waals surface area contributed by atoms with Gasteiger partial charge in [-0.1, -0.05) is 11.2 Å². The van der Waals surface area contributed by atoms with Crippen LogP contribution in [-0.2, 0) is 0 Å². The van der Waals surface area contributed by atoms with Gasteiger partial charge in [0.1, 0.15) is 5.82 Å². The van der Waals surface area contributed by atoms with Gasteiger partial charge in [-0.05, 0) is 63.0 Å². The summed E-state index contributed by atoms with van der Waals surface area (Å²) in [7, 11) is 0. The average molecular weight is 386 g/mol. The number of aromatic nitrogens is 2. The van der Waals surface area contributed by atoms with Crippen LogP contribution >= 0.6 is 0 Å². The number of carbonyl (C=O) groups is 1. The molecule has 1 atom stereocenters. The molecule has 28 heavy (non-hydrogen) atoms. The van der Waals surface area contributed by atoms with Crippen molar-refractivity contribution in [2.75, 3.05) is 31.1 Å². The summed E-state index contributed by atoms with van der Waals surface area (Å²) in [6, 6.07) is 6.70. The predicted octanol–water partition coefficient (Wildman–Crippen LogP) is 3.68. The zero-order chi connectivity index (χ0) is 19.5. The van der Waals surface area contributed by atoms with Crippen molar-refractivity contribution >= 4 is 11.7 Å². The van der Waals surface area contributed by atoms with Gasteiger partial charge in [0, 0.05) is 32.2 Å². The molecule has 0 aromatic carbocycles. The zero-order valence-corrected chi connectivity index (χ0v) is 16.3. The summed E-state index contributed by atoms with van der Waals surface area (Å²) in [5.41, 5.74) is 0.731. The van der Waals surface area contributed by atoms with Crippen molar-refractivity contribution in [2.24, 2.45) is 11.8 Å². The van der Waals surface area contributed by atoms with Gasteiger partial charge in [-0.2, -0.15) is 4.39 Å². The molecule has 6 nitrogen and oxygen atoms in total. The molecule has 0 N–H and O–H groups in total. The van der Waals surface area contributed by atoms with E-state index in [1.54, 1.807) is 12.1 Å². The molecule has 4 heterocycles. The maximum atomic E-state index is 13.4. The fraction of sp³-hybridized carbons (Fsp3) is 0.571. The molecule has 2 aliphatic rings. The van der Waals surface area contributed by atoms with Crippen LogP contribution in [0.1, 0.15) is 48.4 Å². The first-order valence-corrected chi connectivity index (χ1v) is 10.2. The Labute approximate surface area is 164 Å². The largest absolute Gasteiger partial charge is 0.357 e. The third-order valence-electron chi connectivity index (χ3n) is 6.13. The average Bonchev–Trinajstić information content (AvgIpc) is 2.99. The van der Waals surface area contributed by atoms with Crippen molar-refractivity contribution in [1.82, 2.24) is 15.0 Å². The summed E-state index contributed by atoms with van der Waals surface area (Å²) < 4.78 is 18.6. The monoisotopic (exact) mass is 386 g/mol. The molecule has 7 heteroatoms. The minimum Gasteiger partial charge on any atom is -0.357 e. The number of pyridine rings is 1. The van der Waals surface area contributed by atoms with Crippen molar-refractivity contribution in [3.63, 3.8) is 0 Å². The van der Waals surface area contributed by atoms with Gasteiger partial charge in [-0.15, -0.1) is 0 Å². The highest BCUT2D eigenvalue weighted by molar-refractivity contribution is 5.91. The number of rotatable bonds is 3. The van der Waals surface area contributed by atoms with Crippen LogP contribution in [0.5, 0.6) is 0 Å². The number of amides is 1. The Morgan fingerprint density at radius 1 is 1.11 bits per heavy atom.